The van der Waals surface area contributed by atoms with E-state index >= 15 is 0 Å². The molecule has 0 aromatic rings. The van der Waals surface area contributed by atoms with Crippen LogP contribution in [0.15, 0.2) is 33.4 Å². The molecule has 0 atom stereocenters. The zero-order valence-electron chi connectivity index (χ0n) is 9.06. The van der Waals surface area contributed by atoms with Crippen LogP contribution >= 0.6 is 0 Å². The van der Waals surface area contributed by atoms with Crippen LogP contribution in [0.25, 0.3) is 0 Å². The van der Waals surface area contributed by atoms with E-state index < -0.39 is 0 Å². The van der Waals surface area contributed by atoms with E-state index in [4.69, 9.17) is 0 Å². The summed E-state index contributed by atoms with van der Waals surface area (Å²) in [5, 5.41) is 0. The average molecular weight is 212 g/mol. The van der Waals surface area contributed by atoms with Crippen molar-refractivity contribution in [3.05, 3.63) is 33.4 Å². The summed E-state index contributed by atoms with van der Waals surface area (Å²) < 4.78 is 0. The highest BCUT2D eigenvalue weighted by molar-refractivity contribution is 6.13. The van der Waals surface area contributed by atoms with Crippen LogP contribution < -0.4 is 0 Å². The lowest BCUT2D eigenvalue weighted by Gasteiger charge is -2.05. The smallest absolute Gasteiger partial charge is 0.163 e. The summed E-state index contributed by atoms with van der Waals surface area (Å²) >= 11 is 0. The van der Waals surface area contributed by atoms with Crippen molar-refractivity contribution in [3.63, 3.8) is 0 Å². The number of hydrogen-bond donors (Lipinski definition) is 0. The maximum atomic E-state index is 11.9. The van der Waals surface area contributed by atoms with Crippen molar-refractivity contribution in [2.45, 2.75) is 38.5 Å². The molecule has 16 heavy (non-hydrogen) atoms. The molecular formula is C14H12O2. The first-order valence-corrected chi connectivity index (χ1v) is 5.99. The largest absolute Gasteiger partial charge is 0.294 e. The second-order valence-electron chi connectivity index (χ2n) is 5.14. The van der Waals surface area contributed by atoms with Crippen LogP contribution in [0, 0.1) is 0 Å². The molecule has 80 valence electrons. The van der Waals surface area contributed by atoms with Crippen molar-refractivity contribution in [3.8, 4) is 0 Å². The van der Waals surface area contributed by atoms with Crippen molar-refractivity contribution in [1.82, 2.24) is 0 Å². The molecule has 0 saturated heterocycles. The Kier molecular flexibility index (Phi) is 1.42. The minimum atomic E-state index is 0.272. The maximum absolute atomic E-state index is 11.9. The van der Waals surface area contributed by atoms with Gasteiger partial charge in [-0.05, 0) is 31.3 Å². The number of Topliss-reactive ketones (excluding diaryl/α,β-unsaturated/α-hetero) is 2. The Morgan fingerprint density at radius 1 is 0.562 bits per heavy atom. The lowest BCUT2D eigenvalue weighted by molar-refractivity contribution is -0.114. The molecule has 2 nitrogen and oxygen atoms in total. The fourth-order valence-electron chi connectivity index (χ4n) is 3.64. The molecule has 0 aromatic heterocycles. The number of rotatable bonds is 0. The molecule has 0 aliphatic heterocycles. The van der Waals surface area contributed by atoms with Gasteiger partial charge in [0.2, 0.25) is 0 Å². The highest BCUT2D eigenvalue weighted by Crippen LogP contribution is 2.52. The van der Waals surface area contributed by atoms with Gasteiger partial charge in [-0.15, -0.1) is 0 Å². The lowest BCUT2D eigenvalue weighted by atomic mass is 9.97. The Morgan fingerprint density at radius 2 is 1.06 bits per heavy atom. The molecule has 0 fully saturated rings. The summed E-state index contributed by atoms with van der Waals surface area (Å²) in [5.74, 6) is 0.543. The van der Waals surface area contributed by atoms with Crippen LogP contribution in [0.2, 0.25) is 0 Å². The fourth-order valence-corrected chi connectivity index (χ4v) is 3.64. The van der Waals surface area contributed by atoms with E-state index in [0.717, 1.165) is 42.4 Å². The highest BCUT2D eigenvalue weighted by Gasteiger charge is 2.42. The molecule has 0 bridgehead atoms. The monoisotopic (exact) mass is 212 g/mol. The second kappa shape index (κ2) is 2.62. The van der Waals surface area contributed by atoms with E-state index in [1.54, 1.807) is 0 Å². The summed E-state index contributed by atoms with van der Waals surface area (Å²) in [6.07, 6.45) is 5.12. The number of hydrogen-bond acceptors (Lipinski definition) is 2. The quantitative estimate of drug-likeness (QED) is 0.618. The van der Waals surface area contributed by atoms with Gasteiger partial charge < -0.3 is 0 Å². The summed E-state index contributed by atoms with van der Waals surface area (Å²) in [6.45, 7) is 0. The SMILES string of the molecule is O=C1CCC2=C1C1=C(C2)CC2=C1C(=O)CC2. The standard InChI is InChI=1S/C14H12O2/c15-10-3-1-7-5-9-6-8-2-4-11(16)13(8)14(9)12(7)10/h1-6H2. The molecule has 0 heterocycles. The van der Waals surface area contributed by atoms with Gasteiger partial charge >= 0.3 is 0 Å². The Labute approximate surface area is 93.7 Å². The van der Waals surface area contributed by atoms with E-state index in [-0.39, 0.29) is 11.6 Å². The molecule has 0 amide bonds. The average Bonchev–Trinajstić information content (AvgIpc) is 2.90. The van der Waals surface area contributed by atoms with Crippen molar-refractivity contribution in [2.75, 3.05) is 0 Å². The molecule has 0 spiro atoms. The molecule has 2 heteroatoms. The van der Waals surface area contributed by atoms with Gasteiger partial charge in [0, 0.05) is 24.0 Å². The predicted molar refractivity (Wildman–Crippen MR) is 58.8 cm³/mol. The Morgan fingerprint density at radius 3 is 1.56 bits per heavy atom. The molecule has 0 saturated carbocycles. The number of carbonyl (C=O) groups is 2. The topological polar surface area (TPSA) is 34.1 Å². The zero-order chi connectivity index (χ0) is 10.9. The van der Waals surface area contributed by atoms with Crippen molar-refractivity contribution < 1.29 is 9.59 Å². The van der Waals surface area contributed by atoms with E-state index in [9.17, 15) is 9.59 Å². The van der Waals surface area contributed by atoms with E-state index in [0.29, 0.717) is 12.8 Å². The summed E-state index contributed by atoms with van der Waals surface area (Å²) in [4.78, 5) is 23.7. The summed E-state index contributed by atoms with van der Waals surface area (Å²) in [6, 6.07) is 0. The third-order valence-corrected chi connectivity index (χ3v) is 4.28. The van der Waals surface area contributed by atoms with Crippen LogP contribution in [0.4, 0.5) is 0 Å². The van der Waals surface area contributed by atoms with Gasteiger partial charge in [0.15, 0.2) is 11.6 Å². The highest BCUT2D eigenvalue weighted by atomic mass is 16.1. The number of allylic oxidation sites excluding steroid dienone is 6. The molecule has 0 unspecified atom stereocenters. The molecule has 4 aliphatic carbocycles. The summed E-state index contributed by atoms with van der Waals surface area (Å²) in [5.41, 5.74) is 6.93. The van der Waals surface area contributed by atoms with Crippen LogP contribution in [-0.4, -0.2) is 11.6 Å². The Hall–Kier alpha value is -1.44. The Bertz CT molecular complexity index is 507. The Balaban J connectivity index is 1.90. The van der Waals surface area contributed by atoms with Crippen molar-refractivity contribution in [1.29, 1.82) is 0 Å². The van der Waals surface area contributed by atoms with Crippen LogP contribution in [-0.2, 0) is 9.59 Å². The van der Waals surface area contributed by atoms with Gasteiger partial charge in [-0.1, -0.05) is 16.7 Å². The second-order valence-corrected chi connectivity index (χ2v) is 5.14. The first-order chi connectivity index (χ1) is 7.75. The third-order valence-electron chi connectivity index (χ3n) is 4.28. The molecule has 4 aliphatic rings. The number of fused-ring (bicyclic) bond motifs is 2. The van der Waals surface area contributed by atoms with Gasteiger partial charge in [-0.2, -0.15) is 0 Å². The van der Waals surface area contributed by atoms with Gasteiger partial charge in [0.05, 0.1) is 0 Å². The van der Waals surface area contributed by atoms with Crippen LogP contribution in [0.5, 0.6) is 0 Å². The molecule has 0 aromatic carbocycles. The van der Waals surface area contributed by atoms with E-state index in [1.807, 2.05) is 0 Å². The van der Waals surface area contributed by atoms with Gasteiger partial charge in [0.25, 0.3) is 0 Å². The minimum Gasteiger partial charge on any atom is -0.294 e. The van der Waals surface area contributed by atoms with Gasteiger partial charge in [-0.3, -0.25) is 9.59 Å². The molecule has 0 N–H and O–H groups in total. The molecule has 4 rings (SSSR count). The summed E-state index contributed by atoms with van der Waals surface area (Å²) in [7, 11) is 0. The fraction of sp³-hybridized carbons (Fsp3) is 0.429. The van der Waals surface area contributed by atoms with Gasteiger partial charge in [0.1, 0.15) is 0 Å². The lowest BCUT2D eigenvalue weighted by Crippen LogP contribution is -2.05. The molecule has 0 radical (unpaired) electrons. The van der Waals surface area contributed by atoms with Gasteiger partial charge in [-0.25, -0.2) is 0 Å². The first-order valence-electron chi connectivity index (χ1n) is 5.99. The van der Waals surface area contributed by atoms with Crippen LogP contribution in [0.3, 0.4) is 0 Å². The predicted octanol–water partition coefficient (Wildman–Crippen LogP) is 2.41. The minimum absolute atomic E-state index is 0.272. The zero-order valence-corrected chi connectivity index (χ0v) is 9.06. The third kappa shape index (κ3) is 0.845. The first kappa shape index (κ1) is 8.68. The number of ketones is 2. The normalized spacial score (nSPS) is 27.2. The number of carbonyl (C=O) groups excluding carboxylic acids is 2. The van der Waals surface area contributed by atoms with E-state index in [2.05, 4.69) is 0 Å². The molecular weight excluding hydrogens is 200 g/mol. The van der Waals surface area contributed by atoms with E-state index in [1.165, 1.54) is 16.7 Å². The van der Waals surface area contributed by atoms with Crippen molar-refractivity contribution in [2.24, 2.45) is 0 Å². The van der Waals surface area contributed by atoms with Crippen molar-refractivity contribution >= 4 is 11.6 Å². The maximum Gasteiger partial charge on any atom is 0.163 e. The van der Waals surface area contributed by atoms with Crippen LogP contribution in [0.1, 0.15) is 38.5 Å².